The van der Waals surface area contributed by atoms with Crippen LogP contribution in [0.5, 0.6) is 0 Å². The molecule has 0 atom stereocenters. The molecule has 60 valence electrons. The van der Waals surface area contributed by atoms with Crippen LogP contribution in [0.3, 0.4) is 0 Å². The summed E-state index contributed by atoms with van der Waals surface area (Å²) in [6, 6.07) is 0. The van der Waals surface area contributed by atoms with E-state index in [1.165, 1.54) is 6.08 Å². The Labute approximate surface area is 64.3 Å². The van der Waals surface area contributed by atoms with Crippen molar-refractivity contribution in [2.24, 2.45) is 0 Å². The quantitative estimate of drug-likeness (QED) is 0.501. The maximum atomic E-state index is 12.7. The second-order valence-corrected chi connectivity index (χ2v) is 1.77. The molecule has 2 nitrogen and oxygen atoms in total. The molecule has 0 aromatic carbocycles. The molecule has 0 amide bonds. The standard InChI is InChI=1S/C8H9FO2/c1-3-5-7(9)6(4-2)8(10)11/h3-5H,2H2,1H3,(H,10,11)/b5-3-,7-6-. The van der Waals surface area contributed by atoms with Gasteiger partial charge in [0.15, 0.2) is 0 Å². The highest BCUT2D eigenvalue weighted by atomic mass is 19.1. The van der Waals surface area contributed by atoms with Gasteiger partial charge in [-0.05, 0) is 13.0 Å². The largest absolute Gasteiger partial charge is 0.478 e. The highest BCUT2D eigenvalue weighted by molar-refractivity contribution is 5.90. The Kier molecular flexibility index (Phi) is 3.88. The topological polar surface area (TPSA) is 37.3 Å². The van der Waals surface area contributed by atoms with Gasteiger partial charge in [-0.15, -0.1) is 0 Å². The number of aliphatic carboxylic acids is 1. The molecule has 0 heterocycles. The summed E-state index contributed by atoms with van der Waals surface area (Å²) in [5.74, 6) is -2.09. The Balaban J connectivity index is 4.82. The van der Waals surface area contributed by atoms with Crippen molar-refractivity contribution in [3.63, 3.8) is 0 Å². The molecule has 0 rings (SSSR count). The molecule has 0 spiro atoms. The third-order valence-corrected chi connectivity index (χ3v) is 1.00. The van der Waals surface area contributed by atoms with E-state index < -0.39 is 17.4 Å². The van der Waals surface area contributed by atoms with Crippen LogP contribution in [0.1, 0.15) is 6.92 Å². The summed E-state index contributed by atoms with van der Waals surface area (Å²) < 4.78 is 12.7. The molecule has 0 aromatic heterocycles. The van der Waals surface area contributed by atoms with Gasteiger partial charge >= 0.3 is 5.97 Å². The van der Waals surface area contributed by atoms with Crippen LogP contribution in [0, 0.1) is 0 Å². The van der Waals surface area contributed by atoms with Crippen molar-refractivity contribution in [3.8, 4) is 0 Å². The maximum absolute atomic E-state index is 12.7. The Morgan fingerprint density at radius 2 is 2.18 bits per heavy atom. The molecule has 11 heavy (non-hydrogen) atoms. The molecule has 0 radical (unpaired) electrons. The van der Waals surface area contributed by atoms with Crippen LogP contribution in [0.4, 0.5) is 4.39 Å². The van der Waals surface area contributed by atoms with E-state index in [0.29, 0.717) is 0 Å². The summed E-state index contributed by atoms with van der Waals surface area (Å²) in [5, 5.41) is 8.37. The summed E-state index contributed by atoms with van der Waals surface area (Å²) in [7, 11) is 0. The summed E-state index contributed by atoms with van der Waals surface area (Å²) in [6.07, 6.45) is 3.46. The minimum absolute atomic E-state index is 0.414. The number of hydrogen-bond acceptors (Lipinski definition) is 1. The molecule has 1 N–H and O–H groups in total. The molecule has 0 saturated carbocycles. The van der Waals surface area contributed by atoms with Gasteiger partial charge in [0.1, 0.15) is 5.83 Å². The van der Waals surface area contributed by atoms with E-state index in [-0.39, 0.29) is 0 Å². The van der Waals surface area contributed by atoms with E-state index in [1.54, 1.807) is 6.92 Å². The average Bonchev–Trinajstić information content (AvgIpc) is 1.88. The lowest BCUT2D eigenvalue weighted by Crippen LogP contribution is -1.98. The fourth-order valence-electron chi connectivity index (χ4n) is 0.523. The molecule has 0 fully saturated rings. The fourth-order valence-corrected chi connectivity index (χ4v) is 0.523. The van der Waals surface area contributed by atoms with Crippen molar-refractivity contribution < 1.29 is 14.3 Å². The first-order valence-electron chi connectivity index (χ1n) is 3.01. The first kappa shape index (κ1) is 9.62. The van der Waals surface area contributed by atoms with Crippen LogP contribution in [-0.2, 0) is 4.79 Å². The van der Waals surface area contributed by atoms with Crippen molar-refractivity contribution >= 4 is 5.97 Å². The van der Waals surface area contributed by atoms with Gasteiger partial charge in [-0.3, -0.25) is 0 Å². The molecule has 0 bridgehead atoms. The van der Waals surface area contributed by atoms with Crippen LogP contribution in [0.2, 0.25) is 0 Å². The van der Waals surface area contributed by atoms with E-state index in [1.807, 2.05) is 0 Å². The molecular formula is C8H9FO2. The Hall–Kier alpha value is -1.38. The zero-order chi connectivity index (χ0) is 8.85. The van der Waals surface area contributed by atoms with Gasteiger partial charge in [-0.2, -0.15) is 0 Å². The van der Waals surface area contributed by atoms with Crippen molar-refractivity contribution in [2.45, 2.75) is 6.92 Å². The number of carboxylic acid groups (broad SMARTS) is 1. The summed E-state index contributed by atoms with van der Waals surface area (Å²) in [6.45, 7) is 4.77. The third-order valence-electron chi connectivity index (χ3n) is 1.00. The SMILES string of the molecule is C=C/C(C(=O)O)=C(F)\C=C/C. The third kappa shape index (κ3) is 2.80. The predicted molar refractivity (Wildman–Crippen MR) is 40.8 cm³/mol. The molecule has 0 aliphatic rings. The van der Waals surface area contributed by atoms with Gasteiger partial charge in [-0.25, -0.2) is 9.18 Å². The van der Waals surface area contributed by atoms with Crippen LogP contribution >= 0.6 is 0 Å². The van der Waals surface area contributed by atoms with E-state index in [9.17, 15) is 9.18 Å². The number of carbonyl (C=O) groups is 1. The van der Waals surface area contributed by atoms with Crippen LogP contribution < -0.4 is 0 Å². The predicted octanol–water partition coefficient (Wildman–Crippen LogP) is 2.06. The summed E-state index contributed by atoms with van der Waals surface area (Å²) >= 11 is 0. The molecule has 3 heteroatoms. The van der Waals surface area contributed by atoms with Gasteiger partial charge in [0.05, 0.1) is 5.57 Å². The average molecular weight is 156 g/mol. The van der Waals surface area contributed by atoms with Gasteiger partial charge in [0.2, 0.25) is 0 Å². The molecule has 0 aliphatic heterocycles. The maximum Gasteiger partial charge on any atom is 0.338 e. The number of allylic oxidation sites excluding steroid dienone is 3. The van der Waals surface area contributed by atoms with Gasteiger partial charge in [0, 0.05) is 0 Å². The van der Waals surface area contributed by atoms with Crippen molar-refractivity contribution in [1.29, 1.82) is 0 Å². The number of rotatable bonds is 3. The highest BCUT2D eigenvalue weighted by Gasteiger charge is 2.07. The highest BCUT2D eigenvalue weighted by Crippen LogP contribution is 2.08. The van der Waals surface area contributed by atoms with Crippen LogP contribution in [0.25, 0.3) is 0 Å². The van der Waals surface area contributed by atoms with Gasteiger partial charge in [-0.1, -0.05) is 18.7 Å². The monoisotopic (exact) mass is 156 g/mol. The molecular weight excluding hydrogens is 147 g/mol. The first-order chi connectivity index (χ1) is 5.13. The lowest BCUT2D eigenvalue weighted by Gasteiger charge is -1.92. The molecule has 0 aliphatic carbocycles. The normalized spacial score (nSPS) is 12.9. The zero-order valence-electron chi connectivity index (χ0n) is 6.17. The lowest BCUT2D eigenvalue weighted by molar-refractivity contribution is -0.132. The smallest absolute Gasteiger partial charge is 0.338 e. The summed E-state index contributed by atoms with van der Waals surface area (Å²) in [4.78, 5) is 10.2. The minimum Gasteiger partial charge on any atom is -0.478 e. The number of hydrogen-bond donors (Lipinski definition) is 1. The second-order valence-electron chi connectivity index (χ2n) is 1.77. The molecule has 0 aromatic rings. The molecule has 0 saturated heterocycles. The van der Waals surface area contributed by atoms with Crippen LogP contribution in [0.15, 0.2) is 36.2 Å². The van der Waals surface area contributed by atoms with Crippen molar-refractivity contribution in [1.82, 2.24) is 0 Å². The molecule has 0 unspecified atom stereocenters. The lowest BCUT2D eigenvalue weighted by atomic mass is 10.2. The number of carboxylic acids is 1. The van der Waals surface area contributed by atoms with Crippen molar-refractivity contribution in [2.75, 3.05) is 0 Å². The van der Waals surface area contributed by atoms with Gasteiger partial charge in [0.25, 0.3) is 0 Å². The van der Waals surface area contributed by atoms with E-state index in [2.05, 4.69) is 6.58 Å². The van der Waals surface area contributed by atoms with E-state index in [4.69, 9.17) is 5.11 Å². The minimum atomic E-state index is -1.31. The first-order valence-corrected chi connectivity index (χ1v) is 3.01. The number of halogens is 1. The fraction of sp³-hybridized carbons (Fsp3) is 0.125. The van der Waals surface area contributed by atoms with Crippen molar-refractivity contribution in [3.05, 3.63) is 36.2 Å². The Morgan fingerprint density at radius 1 is 1.64 bits per heavy atom. The Morgan fingerprint density at radius 3 is 2.45 bits per heavy atom. The van der Waals surface area contributed by atoms with E-state index in [0.717, 1.165) is 12.2 Å². The van der Waals surface area contributed by atoms with Crippen LogP contribution in [-0.4, -0.2) is 11.1 Å². The second kappa shape index (κ2) is 4.44. The zero-order valence-corrected chi connectivity index (χ0v) is 6.17. The van der Waals surface area contributed by atoms with E-state index >= 15 is 0 Å². The summed E-state index contributed by atoms with van der Waals surface area (Å²) in [5.41, 5.74) is -0.414. The Bertz CT molecular complexity index is 226. The van der Waals surface area contributed by atoms with Gasteiger partial charge < -0.3 is 5.11 Å².